The van der Waals surface area contributed by atoms with Gasteiger partial charge in [0.15, 0.2) is 0 Å². The molecule has 0 aliphatic rings. The molecule has 1 N–H and O–H groups in total. The Kier molecular flexibility index (Phi) is 7.73. The molecule has 2 heterocycles. The van der Waals surface area contributed by atoms with Crippen LogP contribution in [0.3, 0.4) is 0 Å². The molecule has 0 saturated carbocycles. The van der Waals surface area contributed by atoms with E-state index in [1.807, 2.05) is 30.3 Å². The van der Waals surface area contributed by atoms with Gasteiger partial charge in [0, 0.05) is 18.5 Å². The Labute approximate surface area is 184 Å². The Balaban J connectivity index is 1.78. The first kappa shape index (κ1) is 22.0. The van der Waals surface area contributed by atoms with Gasteiger partial charge in [-0.05, 0) is 30.7 Å². The van der Waals surface area contributed by atoms with Crippen LogP contribution in [0, 0.1) is 0 Å². The molecule has 3 rings (SSSR count). The smallest absolute Gasteiger partial charge is 0.343 e. The van der Waals surface area contributed by atoms with E-state index in [1.54, 1.807) is 25.1 Å². The molecule has 0 aliphatic heterocycles. The fourth-order valence-corrected chi connectivity index (χ4v) is 2.74. The molecule has 0 aliphatic carbocycles. The maximum Gasteiger partial charge on any atom is 0.343 e. The first-order valence-electron chi connectivity index (χ1n) is 9.46. The fraction of sp³-hybridized carbons (Fsp3) is 0.130. The zero-order valence-electron chi connectivity index (χ0n) is 16.7. The van der Waals surface area contributed by atoms with Crippen LogP contribution >= 0.6 is 11.6 Å². The standard InChI is InChI=1S/C23H20ClN3O4/c1-2-30-23(29)19(21(28)18-9-6-12-25-22(18)24)14-26-17-10-11-20(27-13-17)31-15-16-7-4-3-5-8-16/h3-14,28H,2,15H2,1H3/b21-19+,26-14?. The van der Waals surface area contributed by atoms with E-state index in [9.17, 15) is 9.90 Å². The summed E-state index contributed by atoms with van der Waals surface area (Å²) in [6.07, 6.45) is 4.18. The van der Waals surface area contributed by atoms with Gasteiger partial charge in [0.05, 0.1) is 24.1 Å². The average Bonchev–Trinajstić information content (AvgIpc) is 2.79. The topological polar surface area (TPSA) is 93.9 Å². The molecule has 0 spiro atoms. The van der Waals surface area contributed by atoms with E-state index < -0.39 is 5.97 Å². The molecule has 0 bridgehead atoms. The Morgan fingerprint density at radius 3 is 2.61 bits per heavy atom. The van der Waals surface area contributed by atoms with Crippen LogP contribution in [0.1, 0.15) is 18.1 Å². The third kappa shape index (κ3) is 6.13. The number of carbonyl (C=O) groups excluding carboxylic acids is 1. The van der Waals surface area contributed by atoms with Gasteiger partial charge in [-0.15, -0.1) is 0 Å². The number of halogens is 1. The number of esters is 1. The lowest BCUT2D eigenvalue weighted by Crippen LogP contribution is -2.11. The highest BCUT2D eigenvalue weighted by Gasteiger charge is 2.18. The largest absolute Gasteiger partial charge is 0.506 e. The number of carbonyl (C=O) groups is 1. The third-order valence-electron chi connectivity index (χ3n) is 4.06. The summed E-state index contributed by atoms with van der Waals surface area (Å²) in [4.78, 5) is 24.7. The summed E-state index contributed by atoms with van der Waals surface area (Å²) < 4.78 is 10.7. The highest BCUT2D eigenvalue weighted by atomic mass is 35.5. The molecule has 8 heteroatoms. The quantitative estimate of drug-likeness (QED) is 0.176. The summed E-state index contributed by atoms with van der Waals surface area (Å²) >= 11 is 6.03. The number of ether oxygens (including phenoxy) is 2. The van der Waals surface area contributed by atoms with Crippen molar-refractivity contribution in [3.05, 3.63) is 88.8 Å². The van der Waals surface area contributed by atoms with Crippen molar-refractivity contribution >= 4 is 35.2 Å². The zero-order chi connectivity index (χ0) is 22.1. The fourth-order valence-electron chi connectivity index (χ4n) is 2.53. The SMILES string of the molecule is CCOC(=O)/C(C=Nc1ccc(OCc2ccccc2)nc1)=C(/O)c1cccnc1Cl. The van der Waals surface area contributed by atoms with E-state index in [0.717, 1.165) is 5.56 Å². The van der Waals surface area contributed by atoms with Crippen LogP contribution in [0.15, 0.2) is 77.6 Å². The van der Waals surface area contributed by atoms with E-state index in [2.05, 4.69) is 15.0 Å². The Hall–Kier alpha value is -3.71. The van der Waals surface area contributed by atoms with E-state index in [-0.39, 0.29) is 28.7 Å². The van der Waals surface area contributed by atoms with Crippen molar-refractivity contribution in [2.45, 2.75) is 13.5 Å². The summed E-state index contributed by atoms with van der Waals surface area (Å²) in [7, 11) is 0. The van der Waals surface area contributed by atoms with Crippen LogP contribution in [0.2, 0.25) is 5.15 Å². The number of aliphatic hydroxyl groups is 1. The number of benzene rings is 1. The van der Waals surface area contributed by atoms with Gasteiger partial charge < -0.3 is 14.6 Å². The lowest BCUT2D eigenvalue weighted by molar-refractivity contribution is -0.137. The predicted molar refractivity (Wildman–Crippen MR) is 119 cm³/mol. The number of rotatable bonds is 8. The van der Waals surface area contributed by atoms with Crippen LogP contribution in [-0.4, -0.2) is 33.9 Å². The van der Waals surface area contributed by atoms with Gasteiger partial charge in [-0.2, -0.15) is 0 Å². The summed E-state index contributed by atoms with van der Waals surface area (Å²) in [6.45, 7) is 2.20. The maximum absolute atomic E-state index is 12.3. The van der Waals surface area contributed by atoms with Gasteiger partial charge in [0.2, 0.25) is 5.88 Å². The zero-order valence-corrected chi connectivity index (χ0v) is 17.5. The molecule has 31 heavy (non-hydrogen) atoms. The molecule has 0 unspecified atom stereocenters. The summed E-state index contributed by atoms with van der Waals surface area (Å²) in [5, 5.41) is 10.6. The van der Waals surface area contributed by atoms with E-state index in [0.29, 0.717) is 18.2 Å². The molecule has 3 aromatic rings. The molecule has 7 nitrogen and oxygen atoms in total. The predicted octanol–water partition coefficient (Wildman–Crippen LogP) is 4.94. The first-order chi connectivity index (χ1) is 15.1. The minimum atomic E-state index is -0.737. The molecule has 0 atom stereocenters. The lowest BCUT2D eigenvalue weighted by Gasteiger charge is -2.08. The summed E-state index contributed by atoms with van der Waals surface area (Å²) in [6, 6.07) is 16.2. The number of aromatic nitrogens is 2. The number of hydrogen-bond acceptors (Lipinski definition) is 7. The van der Waals surface area contributed by atoms with E-state index in [1.165, 1.54) is 24.7 Å². The van der Waals surface area contributed by atoms with Crippen molar-refractivity contribution in [2.75, 3.05) is 6.61 Å². The van der Waals surface area contributed by atoms with Crippen molar-refractivity contribution in [3.8, 4) is 5.88 Å². The molecule has 158 valence electrons. The molecule has 0 fully saturated rings. The highest BCUT2D eigenvalue weighted by molar-refractivity contribution is 6.31. The van der Waals surface area contributed by atoms with Crippen LogP contribution in [-0.2, 0) is 16.1 Å². The monoisotopic (exact) mass is 437 g/mol. The Morgan fingerprint density at radius 2 is 1.94 bits per heavy atom. The molecule has 0 saturated heterocycles. The van der Waals surface area contributed by atoms with Crippen LogP contribution in [0.4, 0.5) is 5.69 Å². The number of hydrogen-bond donors (Lipinski definition) is 1. The highest BCUT2D eigenvalue weighted by Crippen LogP contribution is 2.23. The van der Waals surface area contributed by atoms with Crippen molar-refractivity contribution in [1.29, 1.82) is 0 Å². The minimum absolute atomic E-state index is 0.0526. The van der Waals surface area contributed by atoms with Crippen LogP contribution < -0.4 is 4.74 Å². The Bertz CT molecular complexity index is 1080. The van der Waals surface area contributed by atoms with Crippen molar-refractivity contribution in [1.82, 2.24) is 9.97 Å². The van der Waals surface area contributed by atoms with Crippen molar-refractivity contribution in [2.24, 2.45) is 4.99 Å². The van der Waals surface area contributed by atoms with E-state index in [4.69, 9.17) is 21.1 Å². The normalized spacial score (nSPS) is 11.8. The number of nitrogens with zero attached hydrogens (tertiary/aromatic N) is 3. The second kappa shape index (κ2) is 10.9. The van der Waals surface area contributed by atoms with Gasteiger partial charge in [0.25, 0.3) is 0 Å². The van der Waals surface area contributed by atoms with Crippen molar-refractivity contribution < 1.29 is 19.4 Å². The van der Waals surface area contributed by atoms with Gasteiger partial charge >= 0.3 is 5.97 Å². The molecule has 0 radical (unpaired) electrons. The second-order valence-electron chi connectivity index (χ2n) is 6.21. The summed E-state index contributed by atoms with van der Waals surface area (Å²) in [5.74, 6) is -0.676. The average molecular weight is 438 g/mol. The summed E-state index contributed by atoms with van der Waals surface area (Å²) in [5.41, 5.74) is 1.53. The maximum atomic E-state index is 12.3. The van der Waals surface area contributed by atoms with Gasteiger partial charge in [-0.3, -0.25) is 4.99 Å². The molecule has 0 amide bonds. The Morgan fingerprint density at radius 1 is 1.13 bits per heavy atom. The second-order valence-corrected chi connectivity index (χ2v) is 6.57. The molecular formula is C23H20ClN3O4. The van der Waals surface area contributed by atoms with Crippen LogP contribution in [0.5, 0.6) is 5.88 Å². The van der Waals surface area contributed by atoms with Crippen molar-refractivity contribution in [3.63, 3.8) is 0 Å². The lowest BCUT2D eigenvalue weighted by atomic mass is 10.1. The molecular weight excluding hydrogens is 418 g/mol. The number of pyridine rings is 2. The van der Waals surface area contributed by atoms with Crippen LogP contribution in [0.25, 0.3) is 5.76 Å². The van der Waals surface area contributed by atoms with E-state index >= 15 is 0 Å². The van der Waals surface area contributed by atoms with Gasteiger partial charge in [-0.25, -0.2) is 14.8 Å². The molecule has 2 aromatic heterocycles. The third-order valence-corrected chi connectivity index (χ3v) is 4.36. The minimum Gasteiger partial charge on any atom is -0.506 e. The van der Waals surface area contributed by atoms with Gasteiger partial charge in [-0.1, -0.05) is 41.9 Å². The molecule has 1 aromatic carbocycles. The van der Waals surface area contributed by atoms with Gasteiger partial charge in [0.1, 0.15) is 23.1 Å². The number of aliphatic imine (C=N–C) groups is 1. The first-order valence-corrected chi connectivity index (χ1v) is 9.84. The number of aliphatic hydroxyl groups excluding tert-OH is 1.